The van der Waals surface area contributed by atoms with E-state index < -0.39 is 4.92 Å². The molecule has 20 heavy (non-hydrogen) atoms. The second-order valence-electron chi connectivity index (χ2n) is 5.31. The van der Waals surface area contributed by atoms with Crippen molar-refractivity contribution in [2.75, 3.05) is 51.3 Å². The number of rotatable bonds is 4. The zero-order chi connectivity index (χ0) is 14.7. The lowest BCUT2D eigenvalue weighted by atomic mass is 10.1. The highest BCUT2D eigenvalue weighted by molar-refractivity contribution is 5.69. The van der Waals surface area contributed by atoms with Gasteiger partial charge in [-0.05, 0) is 20.2 Å². The molecule has 1 fully saturated rings. The summed E-state index contributed by atoms with van der Waals surface area (Å²) in [7, 11) is 4.22. The van der Waals surface area contributed by atoms with Crippen molar-refractivity contribution in [1.29, 1.82) is 0 Å². The normalized spacial score (nSPS) is 20.8. The number of piperazine rings is 1. The second-order valence-corrected chi connectivity index (χ2v) is 5.31. The Hall–Kier alpha value is -1.86. The van der Waals surface area contributed by atoms with Crippen LogP contribution in [0.5, 0.6) is 0 Å². The van der Waals surface area contributed by atoms with Gasteiger partial charge in [-0.1, -0.05) is 0 Å². The van der Waals surface area contributed by atoms with E-state index in [9.17, 15) is 10.1 Å². The summed E-state index contributed by atoms with van der Waals surface area (Å²) in [4.78, 5) is 14.8. The standard InChI is InChI=1S/C13H21N5O2/c1-16-5-6-17(2)11(9-16)8-15-13-4-3-10(18(19)20)7-12(13)14/h3-4,7,11,15H,5-6,8-9,14H2,1-2H3. The SMILES string of the molecule is CN1CCN(C)C(CNc2ccc([N+](=O)[O-])cc2N)C1. The Morgan fingerprint density at radius 2 is 2.20 bits per heavy atom. The molecule has 1 aromatic rings. The van der Waals surface area contributed by atoms with Crippen LogP contribution in [0, 0.1) is 10.1 Å². The van der Waals surface area contributed by atoms with Crippen molar-refractivity contribution in [3.63, 3.8) is 0 Å². The minimum absolute atomic E-state index is 0.0163. The van der Waals surface area contributed by atoms with E-state index in [0.717, 1.165) is 31.9 Å². The Morgan fingerprint density at radius 3 is 2.85 bits per heavy atom. The predicted octanol–water partition coefficient (Wildman–Crippen LogP) is 0.835. The molecule has 0 amide bonds. The van der Waals surface area contributed by atoms with Crippen molar-refractivity contribution < 1.29 is 4.92 Å². The topological polar surface area (TPSA) is 87.7 Å². The number of nitrogens with two attached hydrogens (primary N) is 1. The van der Waals surface area contributed by atoms with Gasteiger partial charge in [-0.15, -0.1) is 0 Å². The van der Waals surface area contributed by atoms with E-state index in [-0.39, 0.29) is 5.69 Å². The van der Waals surface area contributed by atoms with Crippen molar-refractivity contribution in [2.24, 2.45) is 0 Å². The molecule has 2 rings (SSSR count). The van der Waals surface area contributed by atoms with Crippen LogP contribution in [0.3, 0.4) is 0 Å². The Morgan fingerprint density at radius 1 is 1.45 bits per heavy atom. The average molecular weight is 279 g/mol. The number of nitrogen functional groups attached to an aromatic ring is 1. The minimum Gasteiger partial charge on any atom is -0.397 e. The average Bonchev–Trinajstić information content (AvgIpc) is 2.40. The van der Waals surface area contributed by atoms with E-state index >= 15 is 0 Å². The third kappa shape index (κ3) is 3.37. The van der Waals surface area contributed by atoms with Gasteiger partial charge in [-0.3, -0.25) is 15.0 Å². The number of nitro groups is 1. The maximum atomic E-state index is 10.7. The fourth-order valence-corrected chi connectivity index (χ4v) is 2.37. The third-order valence-corrected chi connectivity index (χ3v) is 3.75. The van der Waals surface area contributed by atoms with Crippen LogP contribution in [0.2, 0.25) is 0 Å². The van der Waals surface area contributed by atoms with E-state index in [1.54, 1.807) is 6.07 Å². The van der Waals surface area contributed by atoms with Crippen molar-refractivity contribution in [2.45, 2.75) is 6.04 Å². The van der Waals surface area contributed by atoms with Crippen molar-refractivity contribution >= 4 is 17.1 Å². The van der Waals surface area contributed by atoms with Gasteiger partial charge in [0.2, 0.25) is 0 Å². The smallest absolute Gasteiger partial charge is 0.271 e. The Labute approximate surface area is 118 Å². The first-order valence-electron chi connectivity index (χ1n) is 6.64. The Balaban J connectivity index is 1.98. The first kappa shape index (κ1) is 14.5. The molecule has 0 radical (unpaired) electrons. The second kappa shape index (κ2) is 6.06. The zero-order valence-corrected chi connectivity index (χ0v) is 11.9. The molecular weight excluding hydrogens is 258 g/mol. The van der Waals surface area contributed by atoms with E-state index in [0.29, 0.717) is 11.7 Å². The van der Waals surface area contributed by atoms with Gasteiger partial charge in [0, 0.05) is 44.4 Å². The summed E-state index contributed by atoms with van der Waals surface area (Å²) in [5.74, 6) is 0. The molecule has 1 saturated heterocycles. The monoisotopic (exact) mass is 279 g/mol. The first-order chi connectivity index (χ1) is 9.47. The highest BCUT2D eigenvalue weighted by Gasteiger charge is 2.22. The summed E-state index contributed by atoms with van der Waals surface area (Å²) < 4.78 is 0. The van der Waals surface area contributed by atoms with Crippen LogP contribution in [0.25, 0.3) is 0 Å². The highest BCUT2D eigenvalue weighted by Crippen LogP contribution is 2.24. The Bertz CT molecular complexity index is 494. The van der Waals surface area contributed by atoms with Crippen molar-refractivity contribution in [3.8, 4) is 0 Å². The van der Waals surface area contributed by atoms with E-state index in [2.05, 4.69) is 29.2 Å². The van der Waals surface area contributed by atoms with Crippen LogP contribution in [0.1, 0.15) is 0 Å². The number of nitrogens with one attached hydrogen (secondary N) is 1. The number of benzene rings is 1. The van der Waals surface area contributed by atoms with Crippen LogP contribution < -0.4 is 11.1 Å². The van der Waals surface area contributed by atoms with Crippen LogP contribution >= 0.6 is 0 Å². The third-order valence-electron chi connectivity index (χ3n) is 3.75. The molecule has 110 valence electrons. The summed E-state index contributed by atoms with van der Waals surface area (Å²) in [5.41, 5.74) is 7.02. The van der Waals surface area contributed by atoms with Gasteiger partial charge < -0.3 is 16.0 Å². The fourth-order valence-electron chi connectivity index (χ4n) is 2.37. The number of anilines is 2. The largest absolute Gasteiger partial charge is 0.397 e. The molecule has 0 aliphatic carbocycles. The Kier molecular flexibility index (Phi) is 4.41. The minimum atomic E-state index is -0.440. The lowest BCUT2D eigenvalue weighted by Gasteiger charge is -2.37. The lowest BCUT2D eigenvalue weighted by Crippen LogP contribution is -2.52. The first-order valence-corrected chi connectivity index (χ1v) is 6.64. The number of nitrogens with zero attached hydrogens (tertiary/aromatic N) is 3. The highest BCUT2D eigenvalue weighted by atomic mass is 16.6. The maximum Gasteiger partial charge on any atom is 0.271 e. The zero-order valence-electron chi connectivity index (χ0n) is 11.9. The van der Waals surface area contributed by atoms with E-state index in [4.69, 9.17) is 5.73 Å². The van der Waals surface area contributed by atoms with E-state index in [1.165, 1.54) is 12.1 Å². The van der Waals surface area contributed by atoms with Crippen molar-refractivity contribution in [3.05, 3.63) is 28.3 Å². The molecule has 1 heterocycles. The number of nitro benzene ring substituents is 1. The van der Waals surface area contributed by atoms with E-state index in [1.807, 2.05) is 0 Å². The quantitative estimate of drug-likeness (QED) is 0.482. The molecule has 7 heteroatoms. The summed E-state index contributed by atoms with van der Waals surface area (Å²) in [6.07, 6.45) is 0. The molecule has 0 saturated carbocycles. The van der Waals surface area contributed by atoms with Gasteiger partial charge in [0.05, 0.1) is 16.3 Å². The fraction of sp³-hybridized carbons (Fsp3) is 0.538. The summed E-state index contributed by atoms with van der Waals surface area (Å²) in [6.45, 7) is 3.88. The number of hydrogen-bond acceptors (Lipinski definition) is 6. The molecule has 7 nitrogen and oxygen atoms in total. The maximum absolute atomic E-state index is 10.7. The molecule has 0 aromatic heterocycles. The summed E-state index contributed by atoms with van der Waals surface area (Å²) >= 11 is 0. The predicted molar refractivity (Wildman–Crippen MR) is 79.9 cm³/mol. The number of non-ortho nitro benzene ring substituents is 1. The summed E-state index contributed by atoms with van der Waals surface area (Å²) in [5, 5.41) is 13.9. The molecule has 1 unspecified atom stereocenters. The molecule has 1 aromatic carbocycles. The van der Waals surface area contributed by atoms with Crippen LogP contribution in [0.15, 0.2) is 18.2 Å². The molecule has 1 aliphatic heterocycles. The number of likely N-dealkylation sites (N-methyl/N-ethyl adjacent to an activating group) is 2. The molecular formula is C13H21N5O2. The van der Waals surface area contributed by atoms with Gasteiger partial charge in [0.25, 0.3) is 5.69 Å². The van der Waals surface area contributed by atoms with Crippen LogP contribution in [-0.2, 0) is 0 Å². The molecule has 3 N–H and O–H groups in total. The van der Waals surface area contributed by atoms with Crippen LogP contribution in [0.4, 0.5) is 17.1 Å². The molecule has 0 bridgehead atoms. The summed E-state index contributed by atoms with van der Waals surface area (Å²) in [6, 6.07) is 4.93. The van der Waals surface area contributed by atoms with Crippen LogP contribution in [-0.4, -0.2) is 61.0 Å². The number of hydrogen-bond donors (Lipinski definition) is 2. The van der Waals surface area contributed by atoms with Gasteiger partial charge in [-0.2, -0.15) is 0 Å². The van der Waals surface area contributed by atoms with Gasteiger partial charge >= 0.3 is 0 Å². The van der Waals surface area contributed by atoms with Gasteiger partial charge in [0.1, 0.15) is 0 Å². The molecule has 0 spiro atoms. The molecule has 1 aliphatic rings. The van der Waals surface area contributed by atoms with Gasteiger partial charge in [-0.25, -0.2) is 0 Å². The lowest BCUT2D eigenvalue weighted by molar-refractivity contribution is -0.384. The van der Waals surface area contributed by atoms with Crippen molar-refractivity contribution in [1.82, 2.24) is 9.80 Å². The molecule has 1 atom stereocenters. The van der Waals surface area contributed by atoms with Gasteiger partial charge in [0.15, 0.2) is 0 Å².